The average Bonchev–Trinajstić information content (AvgIpc) is 2.17. The highest BCUT2D eigenvalue weighted by atomic mass is 16.3. The van der Waals surface area contributed by atoms with Crippen LogP contribution in [0.2, 0.25) is 0 Å². The second-order valence-electron chi connectivity index (χ2n) is 3.50. The van der Waals surface area contributed by atoms with Gasteiger partial charge < -0.3 is 5.11 Å². The van der Waals surface area contributed by atoms with E-state index in [1.54, 1.807) is 6.07 Å². The highest BCUT2D eigenvalue weighted by molar-refractivity contribution is 5.91. The third kappa shape index (κ3) is 1.37. The molecule has 0 unspecified atom stereocenters. The van der Waals surface area contributed by atoms with Crippen molar-refractivity contribution in [1.82, 2.24) is 0 Å². The summed E-state index contributed by atoms with van der Waals surface area (Å²) in [6.07, 6.45) is 0. The number of benzene rings is 2. The fourth-order valence-electron chi connectivity index (χ4n) is 1.54. The summed E-state index contributed by atoms with van der Waals surface area (Å²) in [7, 11) is 0. The van der Waals surface area contributed by atoms with Gasteiger partial charge in [0.15, 0.2) is 0 Å². The van der Waals surface area contributed by atoms with Crippen molar-refractivity contribution < 1.29 is 5.11 Å². The Morgan fingerprint density at radius 1 is 1.21 bits per heavy atom. The summed E-state index contributed by atoms with van der Waals surface area (Å²) in [5.41, 5.74) is 1.95. The Hall–Kier alpha value is -1.76. The van der Waals surface area contributed by atoms with Crippen LogP contribution in [0.5, 0.6) is 5.75 Å². The molecule has 0 radical (unpaired) electrons. The lowest BCUT2D eigenvalue weighted by molar-refractivity contribution is 0.481. The zero-order valence-corrected chi connectivity index (χ0v) is 8.12. The number of phenolic OH excluding ortho intramolecular Hbond substituents is 1. The molecule has 0 aliphatic rings. The maximum Gasteiger partial charge on any atom is 0.124 e. The van der Waals surface area contributed by atoms with Crippen molar-refractivity contribution in [1.29, 1.82) is 0 Å². The van der Waals surface area contributed by atoms with Crippen LogP contribution in [-0.4, -0.2) is 5.11 Å². The topological polar surface area (TPSA) is 20.2 Å². The second-order valence-corrected chi connectivity index (χ2v) is 3.50. The summed E-state index contributed by atoms with van der Waals surface area (Å²) in [5.74, 6) is 0.320. The van der Waals surface area contributed by atoms with Gasteiger partial charge in [-0.25, -0.2) is 0 Å². The molecule has 0 heterocycles. The van der Waals surface area contributed by atoms with E-state index in [2.05, 4.69) is 6.58 Å². The molecule has 0 aromatic heterocycles. The lowest BCUT2D eigenvalue weighted by Gasteiger charge is -2.05. The zero-order chi connectivity index (χ0) is 10.1. The molecule has 14 heavy (non-hydrogen) atoms. The summed E-state index contributed by atoms with van der Waals surface area (Å²) < 4.78 is 0. The molecule has 0 spiro atoms. The minimum absolute atomic E-state index is 0.320. The Labute approximate surface area is 83.3 Å². The Bertz CT molecular complexity index is 498. The summed E-state index contributed by atoms with van der Waals surface area (Å²) in [5, 5.41) is 11.7. The molecule has 1 heteroatoms. The highest BCUT2D eigenvalue weighted by Crippen LogP contribution is 2.28. The molecule has 0 aliphatic carbocycles. The first-order chi connectivity index (χ1) is 6.68. The summed E-state index contributed by atoms with van der Waals surface area (Å²) in [4.78, 5) is 0. The maximum absolute atomic E-state index is 9.76. The first kappa shape index (κ1) is 8.82. The third-order valence-corrected chi connectivity index (χ3v) is 2.33. The van der Waals surface area contributed by atoms with Crippen LogP contribution in [0.3, 0.4) is 0 Å². The highest BCUT2D eigenvalue weighted by Gasteiger charge is 2.02. The molecule has 2 aromatic rings. The van der Waals surface area contributed by atoms with Gasteiger partial charge in [-0.3, -0.25) is 0 Å². The quantitative estimate of drug-likeness (QED) is 0.718. The lowest BCUT2D eigenvalue weighted by Crippen LogP contribution is -1.80. The van der Waals surface area contributed by atoms with E-state index in [0.717, 1.165) is 21.9 Å². The van der Waals surface area contributed by atoms with Crippen LogP contribution in [0.1, 0.15) is 12.5 Å². The van der Waals surface area contributed by atoms with E-state index in [9.17, 15) is 5.11 Å². The first-order valence-electron chi connectivity index (χ1n) is 4.56. The Balaban J connectivity index is 2.78. The molecule has 0 amide bonds. The van der Waals surface area contributed by atoms with Crippen molar-refractivity contribution in [2.75, 3.05) is 0 Å². The SMILES string of the molecule is C=C(C)c1cc(O)c2ccccc2c1. The number of hydrogen-bond donors (Lipinski definition) is 1. The molecule has 2 aromatic carbocycles. The second kappa shape index (κ2) is 3.18. The fourth-order valence-corrected chi connectivity index (χ4v) is 1.54. The van der Waals surface area contributed by atoms with Gasteiger partial charge in [-0.1, -0.05) is 36.4 Å². The van der Waals surface area contributed by atoms with Gasteiger partial charge >= 0.3 is 0 Å². The molecule has 0 saturated heterocycles. The molecule has 0 bridgehead atoms. The Morgan fingerprint density at radius 2 is 1.93 bits per heavy atom. The molecule has 1 nitrogen and oxygen atoms in total. The number of hydrogen-bond acceptors (Lipinski definition) is 1. The molecular weight excluding hydrogens is 172 g/mol. The van der Waals surface area contributed by atoms with Gasteiger partial charge in [-0.15, -0.1) is 0 Å². The Kier molecular flexibility index (Phi) is 2.01. The van der Waals surface area contributed by atoms with Crippen LogP contribution in [0.4, 0.5) is 0 Å². The zero-order valence-electron chi connectivity index (χ0n) is 8.12. The minimum Gasteiger partial charge on any atom is -0.507 e. The van der Waals surface area contributed by atoms with E-state index in [1.807, 2.05) is 37.3 Å². The normalized spacial score (nSPS) is 10.4. The average molecular weight is 184 g/mol. The van der Waals surface area contributed by atoms with Crippen molar-refractivity contribution in [3.63, 3.8) is 0 Å². The smallest absolute Gasteiger partial charge is 0.124 e. The van der Waals surface area contributed by atoms with Gasteiger partial charge in [0.1, 0.15) is 5.75 Å². The fraction of sp³-hybridized carbons (Fsp3) is 0.0769. The predicted molar refractivity (Wildman–Crippen MR) is 60.3 cm³/mol. The molecule has 0 fully saturated rings. The van der Waals surface area contributed by atoms with E-state index in [-0.39, 0.29) is 0 Å². The summed E-state index contributed by atoms with van der Waals surface area (Å²) in [6.45, 7) is 5.80. The molecule has 0 aliphatic heterocycles. The first-order valence-corrected chi connectivity index (χ1v) is 4.56. The van der Waals surface area contributed by atoms with Crippen molar-refractivity contribution in [3.05, 3.63) is 48.5 Å². The lowest BCUT2D eigenvalue weighted by atomic mass is 10.0. The molecule has 70 valence electrons. The molecule has 2 rings (SSSR count). The number of rotatable bonds is 1. The largest absolute Gasteiger partial charge is 0.507 e. The van der Waals surface area contributed by atoms with Gasteiger partial charge in [-0.05, 0) is 30.0 Å². The van der Waals surface area contributed by atoms with Gasteiger partial charge in [0.25, 0.3) is 0 Å². The van der Waals surface area contributed by atoms with Gasteiger partial charge in [0.05, 0.1) is 0 Å². The van der Waals surface area contributed by atoms with E-state index in [1.165, 1.54) is 0 Å². The van der Waals surface area contributed by atoms with Gasteiger partial charge in [0.2, 0.25) is 0 Å². The number of allylic oxidation sites excluding steroid dienone is 1. The molecule has 1 N–H and O–H groups in total. The standard InChI is InChI=1S/C13H12O/c1-9(2)11-7-10-5-3-4-6-12(10)13(14)8-11/h3-8,14H,1H2,2H3. The number of fused-ring (bicyclic) bond motifs is 1. The van der Waals surface area contributed by atoms with Crippen LogP contribution in [0, 0.1) is 0 Å². The van der Waals surface area contributed by atoms with Crippen molar-refractivity contribution in [2.45, 2.75) is 6.92 Å². The van der Waals surface area contributed by atoms with Crippen molar-refractivity contribution in [2.24, 2.45) is 0 Å². The maximum atomic E-state index is 9.76. The number of phenols is 1. The van der Waals surface area contributed by atoms with E-state index in [4.69, 9.17) is 0 Å². The van der Waals surface area contributed by atoms with Crippen LogP contribution < -0.4 is 0 Å². The van der Waals surface area contributed by atoms with Crippen LogP contribution in [0.25, 0.3) is 16.3 Å². The monoisotopic (exact) mass is 184 g/mol. The summed E-state index contributed by atoms with van der Waals surface area (Å²) >= 11 is 0. The third-order valence-electron chi connectivity index (χ3n) is 2.33. The van der Waals surface area contributed by atoms with Crippen molar-refractivity contribution >= 4 is 16.3 Å². The van der Waals surface area contributed by atoms with Gasteiger partial charge in [0, 0.05) is 5.39 Å². The molecule has 0 atom stereocenters. The molecular formula is C13H12O. The summed E-state index contributed by atoms with van der Waals surface area (Å²) in [6, 6.07) is 11.6. The van der Waals surface area contributed by atoms with Crippen LogP contribution >= 0.6 is 0 Å². The Morgan fingerprint density at radius 3 is 2.64 bits per heavy atom. The van der Waals surface area contributed by atoms with Gasteiger partial charge in [-0.2, -0.15) is 0 Å². The van der Waals surface area contributed by atoms with E-state index >= 15 is 0 Å². The molecule has 0 saturated carbocycles. The van der Waals surface area contributed by atoms with E-state index in [0.29, 0.717) is 5.75 Å². The number of aromatic hydroxyl groups is 1. The van der Waals surface area contributed by atoms with Crippen molar-refractivity contribution in [3.8, 4) is 5.75 Å². The van der Waals surface area contributed by atoms with Crippen LogP contribution in [-0.2, 0) is 0 Å². The van der Waals surface area contributed by atoms with E-state index < -0.39 is 0 Å². The predicted octanol–water partition coefficient (Wildman–Crippen LogP) is 3.58. The van der Waals surface area contributed by atoms with Crippen LogP contribution in [0.15, 0.2) is 43.0 Å². The minimum atomic E-state index is 0.320.